The average molecular weight is 520 g/mol. The van der Waals surface area contributed by atoms with Gasteiger partial charge in [-0.1, -0.05) is 11.6 Å². The summed E-state index contributed by atoms with van der Waals surface area (Å²) in [5.41, 5.74) is -1.42. The van der Waals surface area contributed by atoms with E-state index in [1.165, 1.54) is 12.1 Å². The van der Waals surface area contributed by atoms with E-state index >= 15 is 0 Å². The predicted molar refractivity (Wildman–Crippen MR) is 116 cm³/mol. The highest BCUT2D eigenvalue weighted by Crippen LogP contribution is 2.50. The Hall–Kier alpha value is -1.87. The van der Waals surface area contributed by atoms with Crippen molar-refractivity contribution in [3.63, 3.8) is 0 Å². The first-order chi connectivity index (χ1) is 14.3. The number of halogens is 4. The summed E-state index contributed by atoms with van der Waals surface area (Å²) < 4.78 is 39.0. The van der Waals surface area contributed by atoms with Crippen LogP contribution in [0.4, 0.5) is 13.6 Å². The van der Waals surface area contributed by atoms with Crippen molar-refractivity contribution in [2.45, 2.75) is 50.3 Å². The van der Waals surface area contributed by atoms with Gasteiger partial charge in [0.05, 0.1) is 10.4 Å². The monoisotopic (exact) mass is 518 g/mol. The van der Waals surface area contributed by atoms with E-state index in [9.17, 15) is 18.4 Å². The third-order valence-corrected chi connectivity index (χ3v) is 6.27. The van der Waals surface area contributed by atoms with Crippen LogP contribution in [0.1, 0.15) is 33.6 Å². The summed E-state index contributed by atoms with van der Waals surface area (Å²) in [5.74, 6) is 0.421. The molecule has 0 bridgehead atoms. The Morgan fingerprint density at radius 1 is 1.23 bits per heavy atom. The summed E-state index contributed by atoms with van der Waals surface area (Å²) in [6.45, 7) is 6.73. The molecule has 31 heavy (non-hydrogen) atoms. The summed E-state index contributed by atoms with van der Waals surface area (Å²) in [6.07, 6.45) is 2.12. The van der Waals surface area contributed by atoms with Crippen molar-refractivity contribution in [2.24, 2.45) is 5.41 Å². The molecule has 2 heterocycles. The van der Waals surface area contributed by atoms with Crippen LogP contribution < -0.4 is 10.3 Å². The first kappa shape index (κ1) is 22.3. The molecule has 1 saturated heterocycles. The summed E-state index contributed by atoms with van der Waals surface area (Å²) in [4.78, 5) is 22.8. The van der Waals surface area contributed by atoms with Gasteiger partial charge in [0.15, 0.2) is 0 Å². The number of likely N-dealkylation sites (tertiary alicyclic amines) is 1. The zero-order chi connectivity index (χ0) is 22.8. The summed E-state index contributed by atoms with van der Waals surface area (Å²) >= 11 is 8.33. The van der Waals surface area contributed by atoms with Gasteiger partial charge in [0, 0.05) is 46.0 Å². The van der Waals surface area contributed by atoms with Gasteiger partial charge in [-0.3, -0.25) is 4.79 Å². The maximum Gasteiger partial charge on any atom is 0.410 e. The van der Waals surface area contributed by atoms with Gasteiger partial charge >= 0.3 is 11.0 Å². The van der Waals surface area contributed by atoms with Crippen molar-refractivity contribution in [3.8, 4) is 5.75 Å². The number of ether oxygens (including phenoxy) is 2. The number of aromatic nitrogens is 1. The second kappa shape index (κ2) is 7.33. The molecule has 1 aromatic carbocycles. The molecule has 1 aliphatic heterocycles. The zero-order valence-electron chi connectivity index (χ0n) is 17.3. The number of hydrogen-bond donors (Lipinski definition) is 0. The Labute approximate surface area is 191 Å². The normalized spacial score (nSPS) is 18.6. The highest BCUT2D eigenvalue weighted by molar-refractivity contribution is 9.09. The lowest BCUT2D eigenvalue weighted by Gasteiger charge is -2.58. The van der Waals surface area contributed by atoms with Crippen LogP contribution in [-0.2, 0) is 9.69 Å². The molecule has 2 aliphatic rings. The van der Waals surface area contributed by atoms with Gasteiger partial charge < -0.3 is 14.4 Å². The number of benzene rings is 1. The largest absolute Gasteiger partial charge is 0.490 e. The number of alkyl halides is 3. The van der Waals surface area contributed by atoms with E-state index < -0.39 is 16.1 Å². The number of carbonyl (C=O) groups excluding carboxylic acids is 1. The van der Waals surface area contributed by atoms with E-state index in [0.29, 0.717) is 24.2 Å². The van der Waals surface area contributed by atoms with Gasteiger partial charge in [0.1, 0.15) is 17.5 Å². The highest BCUT2D eigenvalue weighted by Gasteiger charge is 2.55. The topological polar surface area (TPSA) is 60.8 Å². The quantitative estimate of drug-likeness (QED) is 0.514. The summed E-state index contributed by atoms with van der Waals surface area (Å²) in [7, 11) is 0. The van der Waals surface area contributed by atoms with Gasteiger partial charge in [-0.25, -0.2) is 9.36 Å². The molecular formula is C21H22BrClF2N2O4. The lowest BCUT2D eigenvalue weighted by Crippen LogP contribution is -2.66. The van der Waals surface area contributed by atoms with Gasteiger partial charge in [-0.15, -0.1) is 0 Å². The van der Waals surface area contributed by atoms with E-state index in [0.717, 1.165) is 19.0 Å². The fraction of sp³-hybridized carbons (Fsp3) is 0.524. The number of nitrogens with zero attached hydrogens (tertiary/aromatic N) is 2. The molecule has 168 valence electrons. The minimum absolute atomic E-state index is 0.0189. The number of hydrogen-bond acceptors (Lipinski definition) is 4. The molecule has 1 spiro atoms. The molecule has 6 nitrogen and oxygen atoms in total. The van der Waals surface area contributed by atoms with Crippen molar-refractivity contribution in [2.75, 3.05) is 13.1 Å². The number of carbonyl (C=O) groups is 1. The van der Waals surface area contributed by atoms with Crippen molar-refractivity contribution < 1.29 is 23.0 Å². The van der Waals surface area contributed by atoms with Crippen LogP contribution in [0.25, 0.3) is 10.8 Å². The first-order valence-electron chi connectivity index (χ1n) is 9.84. The molecule has 0 atom stereocenters. The smallest absolute Gasteiger partial charge is 0.410 e. The number of rotatable bonds is 3. The second-order valence-corrected chi connectivity index (χ2v) is 10.6. The van der Waals surface area contributed by atoms with E-state index in [1.54, 1.807) is 11.0 Å². The molecule has 0 N–H and O–H groups in total. The molecule has 1 aromatic heterocycles. The van der Waals surface area contributed by atoms with Gasteiger partial charge in [0.2, 0.25) is 0 Å². The van der Waals surface area contributed by atoms with Gasteiger partial charge in [-0.2, -0.15) is 8.78 Å². The molecule has 0 radical (unpaired) electrons. The van der Waals surface area contributed by atoms with Crippen LogP contribution in [0.3, 0.4) is 0 Å². The van der Waals surface area contributed by atoms with Crippen LogP contribution in [0.5, 0.6) is 5.75 Å². The molecule has 10 heteroatoms. The van der Waals surface area contributed by atoms with Crippen LogP contribution in [0.15, 0.2) is 29.2 Å². The van der Waals surface area contributed by atoms with Crippen molar-refractivity contribution in [1.29, 1.82) is 0 Å². The molecule has 0 unspecified atom stereocenters. The Balaban J connectivity index is 1.45. The fourth-order valence-electron chi connectivity index (χ4n) is 4.24. The minimum atomic E-state index is -3.52. The van der Waals surface area contributed by atoms with Crippen molar-refractivity contribution in [1.82, 2.24) is 9.47 Å². The Morgan fingerprint density at radius 2 is 1.87 bits per heavy atom. The summed E-state index contributed by atoms with van der Waals surface area (Å²) in [6, 6.07) is 4.51. The van der Waals surface area contributed by atoms with Crippen LogP contribution in [-0.4, -0.2) is 40.4 Å². The zero-order valence-corrected chi connectivity index (χ0v) is 19.6. The van der Waals surface area contributed by atoms with Crippen molar-refractivity contribution >= 4 is 44.4 Å². The molecule has 1 amide bonds. The van der Waals surface area contributed by atoms with E-state index in [1.807, 2.05) is 20.8 Å². The number of amides is 1. The minimum Gasteiger partial charge on any atom is -0.490 e. The second-order valence-electron chi connectivity index (χ2n) is 9.28. The standard InChI is InChI=1S/C21H22BrClF2N2O4/c1-19(2,3)31-18(29)26-10-20(11-26)8-12(9-20)30-15-5-4-14(23)16-13(15)6-7-27(17(16)28)21(22,24)25/h4-7,12H,8-11H2,1-3H3. The lowest BCUT2D eigenvalue weighted by atomic mass is 9.62. The van der Waals surface area contributed by atoms with E-state index in [-0.39, 0.29) is 32.6 Å². The molecular weight excluding hydrogens is 498 g/mol. The first-order valence-corrected chi connectivity index (χ1v) is 11.0. The summed E-state index contributed by atoms with van der Waals surface area (Å²) in [5, 5.41) is 0.445. The van der Waals surface area contributed by atoms with Gasteiger partial charge in [-0.05, 0) is 51.8 Å². The predicted octanol–water partition coefficient (Wildman–Crippen LogP) is 5.33. The van der Waals surface area contributed by atoms with Gasteiger partial charge in [0.25, 0.3) is 5.56 Å². The van der Waals surface area contributed by atoms with Crippen LogP contribution in [0, 0.1) is 5.41 Å². The Bertz CT molecular complexity index is 1100. The SMILES string of the molecule is CC(C)(C)OC(=O)N1CC2(CC(Oc3ccc(Cl)c4c(=O)n(C(F)(F)Br)ccc34)C2)C1. The van der Waals surface area contributed by atoms with Crippen LogP contribution in [0.2, 0.25) is 5.02 Å². The maximum absolute atomic E-state index is 13.6. The molecule has 2 aromatic rings. The van der Waals surface area contributed by atoms with E-state index in [4.69, 9.17) is 21.1 Å². The molecule has 4 rings (SSSR count). The third kappa shape index (κ3) is 4.26. The average Bonchev–Trinajstić information content (AvgIpc) is 2.54. The maximum atomic E-state index is 13.6. The number of pyridine rings is 1. The number of fused-ring (bicyclic) bond motifs is 1. The highest BCUT2D eigenvalue weighted by atomic mass is 79.9. The molecule has 1 aliphatic carbocycles. The molecule has 2 fully saturated rings. The molecule has 1 saturated carbocycles. The van der Waals surface area contributed by atoms with Crippen LogP contribution >= 0.6 is 27.5 Å². The Morgan fingerprint density at radius 3 is 2.45 bits per heavy atom. The fourth-order valence-corrected chi connectivity index (χ4v) is 4.77. The Kier molecular flexibility index (Phi) is 5.28. The third-order valence-electron chi connectivity index (χ3n) is 5.57. The van der Waals surface area contributed by atoms with Crippen molar-refractivity contribution in [3.05, 3.63) is 39.8 Å². The lowest BCUT2D eigenvalue weighted by molar-refractivity contribution is -0.116. The van der Waals surface area contributed by atoms with E-state index in [2.05, 4.69) is 15.9 Å².